The van der Waals surface area contributed by atoms with Crippen molar-refractivity contribution in [2.24, 2.45) is 0 Å². The number of nitrogens with zero attached hydrogens (tertiary/aromatic N) is 2. The first kappa shape index (κ1) is 14.5. The van der Waals surface area contributed by atoms with Gasteiger partial charge in [0.25, 0.3) is 0 Å². The Kier molecular flexibility index (Phi) is 4.31. The highest BCUT2D eigenvalue weighted by Crippen LogP contribution is 2.22. The smallest absolute Gasteiger partial charge is 0.0641 e. The van der Waals surface area contributed by atoms with E-state index in [-0.39, 0.29) is 5.60 Å². The van der Waals surface area contributed by atoms with Crippen molar-refractivity contribution in [2.45, 2.75) is 71.7 Å². The minimum absolute atomic E-state index is 0.0846. The molecule has 0 unspecified atom stereocenters. The summed E-state index contributed by atoms with van der Waals surface area (Å²) < 4.78 is 7.60. The first-order chi connectivity index (χ1) is 8.93. The van der Waals surface area contributed by atoms with Crippen LogP contribution >= 0.6 is 0 Å². The molecule has 0 spiro atoms. The van der Waals surface area contributed by atoms with Crippen LogP contribution in [0.25, 0.3) is 0 Å². The quantitative estimate of drug-likeness (QED) is 0.823. The molecule has 1 aliphatic carbocycles. The van der Waals surface area contributed by atoms with Crippen LogP contribution in [-0.4, -0.2) is 28.5 Å². The SMILES string of the molecule is COC(C)(C)CCn1nc(C)c(CNC2CC2)c1C. The summed E-state index contributed by atoms with van der Waals surface area (Å²) in [4.78, 5) is 0. The Bertz CT molecular complexity index is 433. The number of rotatable bonds is 7. The lowest BCUT2D eigenvalue weighted by Gasteiger charge is -2.22. The van der Waals surface area contributed by atoms with Gasteiger partial charge in [-0.2, -0.15) is 5.10 Å². The summed E-state index contributed by atoms with van der Waals surface area (Å²) in [5.41, 5.74) is 3.72. The first-order valence-electron chi connectivity index (χ1n) is 7.24. The number of ether oxygens (including phenoxy) is 1. The van der Waals surface area contributed by atoms with E-state index >= 15 is 0 Å². The highest BCUT2D eigenvalue weighted by atomic mass is 16.5. The molecule has 4 heteroatoms. The number of aryl methyl sites for hydroxylation is 2. The molecule has 1 N–H and O–H groups in total. The summed E-state index contributed by atoms with van der Waals surface area (Å²) in [6.07, 6.45) is 3.63. The van der Waals surface area contributed by atoms with E-state index in [0.717, 1.165) is 31.2 Å². The second kappa shape index (κ2) is 5.63. The number of hydrogen-bond acceptors (Lipinski definition) is 3. The second-order valence-electron chi connectivity index (χ2n) is 6.24. The Morgan fingerprint density at radius 1 is 1.37 bits per heavy atom. The van der Waals surface area contributed by atoms with Gasteiger partial charge in [-0.15, -0.1) is 0 Å². The van der Waals surface area contributed by atoms with Crippen molar-refractivity contribution in [3.05, 3.63) is 17.0 Å². The Morgan fingerprint density at radius 2 is 2.05 bits per heavy atom. The van der Waals surface area contributed by atoms with E-state index < -0.39 is 0 Å². The predicted molar refractivity (Wildman–Crippen MR) is 77.3 cm³/mol. The molecule has 19 heavy (non-hydrogen) atoms. The van der Waals surface area contributed by atoms with Gasteiger partial charge in [0.1, 0.15) is 0 Å². The van der Waals surface area contributed by atoms with Gasteiger partial charge in [-0.25, -0.2) is 0 Å². The topological polar surface area (TPSA) is 39.1 Å². The molecule has 0 saturated heterocycles. The van der Waals surface area contributed by atoms with Crippen molar-refractivity contribution in [1.29, 1.82) is 0 Å². The molecule has 0 radical (unpaired) electrons. The standard InChI is InChI=1S/C15H27N3O/c1-11-14(10-16-13-6-7-13)12(2)18(17-11)9-8-15(3,4)19-5/h13,16H,6-10H2,1-5H3. The molecular weight excluding hydrogens is 238 g/mol. The average Bonchev–Trinajstić information content (AvgIpc) is 3.14. The van der Waals surface area contributed by atoms with E-state index in [0.29, 0.717) is 0 Å². The highest BCUT2D eigenvalue weighted by molar-refractivity contribution is 5.24. The maximum atomic E-state index is 5.47. The maximum absolute atomic E-state index is 5.47. The molecule has 2 rings (SSSR count). The van der Waals surface area contributed by atoms with Gasteiger partial charge in [0.05, 0.1) is 11.3 Å². The molecule has 0 atom stereocenters. The Morgan fingerprint density at radius 3 is 2.63 bits per heavy atom. The summed E-state index contributed by atoms with van der Waals surface area (Å²) in [6, 6.07) is 0.745. The van der Waals surface area contributed by atoms with Gasteiger partial charge in [-0.3, -0.25) is 4.68 Å². The van der Waals surface area contributed by atoms with E-state index in [2.05, 4.69) is 42.8 Å². The summed E-state index contributed by atoms with van der Waals surface area (Å²) in [5.74, 6) is 0. The summed E-state index contributed by atoms with van der Waals surface area (Å²) in [7, 11) is 1.77. The summed E-state index contributed by atoms with van der Waals surface area (Å²) >= 11 is 0. The van der Waals surface area contributed by atoms with Gasteiger partial charge < -0.3 is 10.1 Å². The second-order valence-corrected chi connectivity index (χ2v) is 6.24. The molecular formula is C15H27N3O. The van der Waals surface area contributed by atoms with Crippen LogP contribution in [0.4, 0.5) is 0 Å². The minimum Gasteiger partial charge on any atom is -0.379 e. The third-order valence-corrected chi connectivity index (χ3v) is 4.15. The van der Waals surface area contributed by atoms with Gasteiger partial charge in [-0.1, -0.05) is 0 Å². The zero-order chi connectivity index (χ0) is 14.0. The largest absolute Gasteiger partial charge is 0.379 e. The Hall–Kier alpha value is -0.870. The third kappa shape index (κ3) is 3.80. The Labute approximate surface area is 116 Å². The molecule has 0 bridgehead atoms. The summed E-state index contributed by atoms with van der Waals surface area (Å²) in [6.45, 7) is 10.4. The molecule has 1 aromatic heterocycles. The van der Waals surface area contributed by atoms with Crippen molar-refractivity contribution in [1.82, 2.24) is 15.1 Å². The molecule has 4 nitrogen and oxygen atoms in total. The van der Waals surface area contributed by atoms with E-state index in [1.807, 2.05) is 0 Å². The van der Waals surface area contributed by atoms with Crippen LogP contribution < -0.4 is 5.32 Å². The molecule has 1 fully saturated rings. The highest BCUT2D eigenvalue weighted by Gasteiger charge is 2.22. The molecule has 0 aromatic carbocycles. The van der Waals surface area contributed by atoms with Crippen LogP contribution in [0.15, 0.2) is 0 Å². The molecule has 1 saturated carbocycles. The van der Waals surface area contributed by atoms with E-state index in [1.165, 1.54) is 24.1 Å². The van der Waals surface area contributed by atoms with Crippen LogP contribution in [0.5, 0.6) is 0 Å². The number of nitrogens with one attached hydrogen (secondary N) is 1. The van der Waals surface area contributed by atoms with E-state index in [4.69, 9.17) is 4.74 Å². The summed E-state index contributed by atoms with van der Waals surface area (Å²) in [5, 5.41) is 8.24. The van der Waals surface area contributed by atoms with Crippen molar-refractivity contribution in [3.8, 4) is 0 Å². The van der Waals surface area contributed by atoms with Gasteiger partial charge >= 0.3 is 0 Å². The zero-order valence-electron chi connectivity index (χ0n) is 12.9. The first-order valence-corrected chi connectivity index (χ1v) is 7.24. The van der Waals surface area contributed by atoms with E-state index in [1.54, 1.807) is 7.11 Å². The fourth-order valence-corrected chi connectivity index (χ4v) is 2.22. The predicted octanol–water partition coefficient (Wildman–Crippen LogP) is 2.57. The monoisotopic (exact) mass is 265 g/mol. The molecule has 1 aliphatic rings. The third-order valence-electron chi connectivity index (χ3n) is 4.15. The normalized spacial score (nSPS) is 16.1. The molecule has 1 aromatic rings. The van der Waals surface area contributed by atoms with Crippen LogP contribution in [0.3, 0.4) is 0 Å². The Balaban J connectivity index is 1.98. The molecule has 1 heterocycles. The van der Waals surface area contributed by atoms with Crippen LogP contribution in [0.2, 0.25) is 0 Å². The molecule has 108 valence electrons. The lowest BCUT2D eigenvalue weighted by molar-refractivity contribution is 0.0112. The lowest BCUT2D eigenvalue weighted by atomic mass is 10.1. The molecule has 0 amide bonds. The lowest BCUT2D eigenvalue weighted by Crippen LogP contribution is -2.25. The van der Waals surface area contributed by atoms with Crippen LogP contribution in [0, 0.1) is 13.8 Å². The van der Waals surface area contributed by atoms with Gasteiger partial charge in [0.15, 0.2) is 0 Å². The van der Waals surface area contributed by atoms with Crippen LogP contribution in [-0.2, 0) is 17.8 Å². The van der Waals surface area contributed by atoms with Gasteiger partial charge in [0.2, 0.25) is 0 Å². The fraction of sp³-hybridized carbons (Fsp3) is 0.800. The number of hydrogen-bond donors (Lipinski definition) is 1. The van der Waals surface area contributed by atoms with Crippen molar-refractivity contribution in [2.75, 3.05) is 7.11 Å². The van der Waals surface area contributed by atoms with Crippen molar-refractivity contribution < 1.29 is 4.74 Å². The van der Waals surface area contributed by atoms with E-state index in [9.17, 15) is 0 Å². The van der Waals surface area contributed by atoms with Gasteiger partial charge in [-0.05, 0) is 47.0 Å². The minimum atomic E-state index is -0.0846. The van der Waals surface area contributed by atoms with Gasteiger partial charge in [0, 0.05) is 37.5 Å². The zero-order valence-corrected chi connectivity index (χ0v) is 12.9. The fourth-order valence-electron chi connectivity index (χ4n) is 2.22. The maximum Gasteiger partial charge on any atom is 0.0641 e. The van der Waals surface area contributed by atoms with Crippen molar-refractivity contribution >= 4 is 0 Å². The van der Waals surface area contributed by atoms with Crippen LogP contribution in [0.1, 0.15) is 50.1 Å². The average molecular weight is 265 g/mol. The molecule has 0 aliphatic heterocycles. The van der Waals surface area contributed by atoms with Crippen molar-refractivity contribution in [3.63, 3.8) is 0 Å². The number of aromatic nitrogens is 2. The number of methoxy groups -OCH3 is 1.